The van der Waals surface area contributed by atoms with E-state index in [1.54, 1.807) is 0 Å². The van der Waals surface area contributed by atoms with E-state index in [0.717, 1.165) is 56.7 Å². The number of benzene rings is 1. The first-order valence-corrected chi connectivity index (χ1v) is 11.4. The number of para-hydroxylation sites is 2. The van der Waals surface area contributed by atoms with E-state index >= 15 is 0 Å². The average Bonchev–Trinajstić information content (AvgIpc) is 3.34. The van der Waals surface area contributed by atoms with Gasteiger partial charge in [-0.05, 0) is 50.8 Å². The zero-order chi connectivity index (χ0) is 19.3. The lowest BCUT2D eigenvalue weighted by molar-refractivity contribution is -0.124. The number of amides is 2. The van der Waals surface area contributed by atoms with Crippen LogP contribution >= 0.6 is 24.2 Å². The summed E-state index contributed by atoms with van der Waals surface area (Å²) < 4.78 is 6.30. The minimum atomic E-state index is -0.0892. The van der Waals surface area contributed by atoms with E-state index in [4.69, 9.17) is 4.74 Å². The van der Waals surface area contributed by atoms with Crippen molar-refractivity contribution in [1.82, 2.24) is 9.80 Å². The molecule has 0 spiro atoms. The van der Waals surface area contributed by atoms with Crippen LogP contribution in [0.1, 0.15) is 32.1 Å². The first-order valence-electron chi connectivity index (χ1n) is 10.4. The number of rotatable bonds is 7. The van der Waals surface area contributed by atoms with Crippen LogP contribution in [0.2, 0.25) is 0 Å². The molecule has 2 saturated heterocycles. The van der Waals surface area contributed by atoms with Gasteiger partial charge in [0.05, 0.1) is 17.5 Å². The number of piperazine rings is 1. The Balaban J connectivity index is 0.00000240. The molecule has 3 fully saturated rings. The van der Waals surface area contributed by atoms with Gasteiger partial charge in [0.25, 0.3) is 5.24 Å². The van der Waals surface area contributed by atoms with E-state index in [0.29, 0.717) is 18.4 Å². The highest BCUT2D eigenvalue weighted by Gasteiger charge is 2.29. The van der Waals surface area contributed by atoms with Crippen molar-refractivity contribution in [3.63, 3.8) is 0 Å². The van der Waals surface area contributed by atoms with Crippen LogP contribution in [-0.4, -0.2) is 72.1 Å². The number of carbonyl (C=O) groups is 2. The first kappa shape index (κ1) is 22.2. The number of imide groups is 1. The topological polar surface area (TPSA) is 53.1 Å². The number of nitrogens with zero attached hydrogens (tertiary/aromatic N) is 3. The highest BCUT2D eigenvalue weighted by molar-refractivity contribution is 8.14. The molecule has 3 aliphatic rings. The summed E-state index contributed by atoms with van der Waals surface area (Å²) in [5.41, 5.74) is 1.21. The van der Waals surface area contributed by atoms with Crippen molar-refractivity contribution in [2.75, 3.05) is 49.9 Å². The summed E-state index contributed by atoms with van der Waals surface area (Å²) in [7, 11) is 0. The number of hydrogen-bond acceptors (Lipinski definition) is 6. The van der Waals surface area contributed by atoms with Gasteiger partial charge < -0.3 is 9.64 Å². The summed E-state index contributed by atoms with van der Waals surface area (Å²) in [5.74, 6) is 1.28. The van der Waals surface area contributed by atoms with Crippen molar-refractivity contribution in [3.05, 3.63) is 24.3 Å². The summed E-state index contributed by atoms with van der Waals surface area (Å²) in [6.45, 7) is 5.41. The highest BCUT2D eigenvalue weighted by Crippen LogP contribution is 2.32. The van der Waals surface area contributed by atoms with Gasteiger partial charge in [-0.1, -0.05) is 23.9 Å². The Bertz CT molecular complexity index is 690. The third-order valence-electron chi connectivity index (χ3n) is 5.87. The third-order valence-corrected chi connectivity index (χ3v) is 6.73. The maximum Gasteiger partial charge on any atom is 0.288 e. The van der Waals surface area contributed by atoms with Crippen LogP contribution in [0.3, 0.4) is 0 Å². The fourth-order valence-electron chi connectivity index (χ4n) is 4.27. The van der Waals surface area contributed by atoms with Crippen molar-refractivity contribution >= 4 is 41.0 Å². The lowest BCUT2D eigenvalue weighted by Crippen LogP contribution is -2.47. The smallest absolute Gasteiger partial charge is 0.288 e. The van der Waals surface area contributed by atoms with Crippen molar-refractivity contribution in [1.29, 1.82) is 0 Å². The number of halogens is 1. The second-order valence-electron chi connectivity index (χ2n) is 7.77. The first-order chi connectivity index (χ1) is 13.7. The Morgan fingerprint density at radius 2 is 1.72 bits per heavy atom. The predicted molar refractivity (Wildman–Crippen MR) is 119 cm³/mol. The fourth-order valence-corrected chi connectivity index (χ4v) is 5.02. The average molecular weight is 440 g/mol. The summed E-state index contributed by atoms with van der Waals surface area (Å²) in [5, 5.41) is -0.0892. The van der Waals surface area contributed by atoms with Gasteiger partial charge in [-0.3, -0.25) is 19.4 Å². The number of thioether (sulfide) groups is 1. The van der Waals surface area contributed by atoms with Crippen LogP contribution in [0.4, 0.5) is 10.5 Å². The van der Waals surface area contributed by atoms with Crippen molar-refractivity contribution in [3.8, 4) is 5.75 Å². The zero-order valence-electron chi connectivity index (χ0n) is 16.8. The Hall–Kier alpha value is -1.44. The van der Waals surface area contributed by atoms with Gasteiger partial charge in [0, 0.05) is 32.7 Å². The number of anilines is 1. The van der Waals surface area contributed by atoms with E-state index in [9.17, 15) is 9.59 Å². The molecule has 0 aromatic heterocycles. The Morgan fingerprint density at radius 3 is 2.41 bits per heavy atom. The molecular formula is C21H30ClN3O3S. The van der Waals surface area contributed by atoms with Gasteiger partial charge in [0.15, 0.2) is 0 Å². The van der Waals surface area contributed by atoms with Crippen LogP contribution in [0.5, 0.6) is 5.75 Å². The Labute approximate surface area is 183 Å². The van der Waals surface area contributed by atoms with Crippen molar-refractivity contribution < 1.29 is 14.3 Å². The summed E-state index contributed by atoms with van der Waals surface area (Å²) in [6.07, 6.45) is 6.11. The van der Waals surface area contributed by atoms with Gasteiger partial charge in [-0.25, -0.2) is 0 Å². The Kier molecular flexibility index (Phi) is 8.09. The molecule has 2 heterocycles. The molecule has 1 aliphatic carbocycles. The van der Waals surface area contributed by atoms with Gasteiger partial charge in [0.2, 0.25) is 5.91 Å². The molecule has 2 amide bonds. The molecule has 6 nitrogen and oxygen atoms in total. The summed E-state index contributed by atoms with van der Waals surface area (Å²) in [4.78, 5) is 29.6. The molecule has 0 radical (unpaired) electrons. The lowest BCUT2D eigenvalue weighted by Gasteiger charge is -2.37. The number of ether oxygens (including phenoxy) is 1. The Morgan fingerprint density at radius 1 is 1.00 bits per heavy atom. The molecule has 0 N–H and O–H groups in total. The molecule has 29 heavy (non-hydrogen) atoms. The van der Waals surface area contributed by atoms with E-state index in [1.807, 2.05) is 0 Å². The molecule has 2 aliphatic heterocycles. The predicted octanol–water partition coefficient (Wildman–Crippen LogP) is 3.64. The molecule has 1 aromatic carbocycles. The second-order valence-corrected chi connectivity index (χ2v) is 8.70. The van der Waals surface area contributed by atoms with Gasteiger partial charge in [-0.2, -0.15) is 0 Å². The fraction of sp³-hybridized carbons (Fsp3) is 0.619. The lowest BCUT2D eigenvalue weighted by atomic mass is 10.2. The van der Waals surface area contributed by atoms with E-state index in [1.165, 1.54) is 36.3 Å². The number of carbonyl (C=O) groups excluding carboxylic acids is 2. The second kappa shape index (κ2) is 10.5. The molecule has 0 atom stereocenters. The zero-order valence-corrected chi connectivity index (χ0v) is 18.4. The molecule has 1 saturated carbocycles. The van der Waals surface area contributed by atoms with Gasteiger partial charge in [-0.15, -0.1) is 12.4 Å². The van der Waals surface area contributed by atoms with Crippen molar-refractivity contribution in [2.45, 2.75) is 38.2 Å². The summed E-state index contributed by atoms with van der Waals surface area (Å²) in [6, 6.07) is 8.42. The van der Waals surface area contributed by atoms with Gasteiger partial charge in [0.1, 0.15) is 5.75 Å². The minimum Gasteiger partial charge on any atom is -0.488 e. The molecule has 0 bridgehead atoms. The third kappa shape index (κ3) is 5.58. The molecule has 4 rings (SSSR count). The quantitative estimate of drug-likeness (QED) is 0.646. The summed E-state index contributed by atoms with van der Waals surface area (Å²) >= 11 is 1.12. The molecule has 1 aromatic rings. The monoisotopic (exact) mass is 439 g/mol. The van der Waals surface area contributed by atoms with E-state index < -0.39 is 0 Å². The normalized spacial score (nSPS) is 21.0. The van der Waals surface area contributed by atoms with Crippen LogP contribution in [0.25, 0.3) is 0 Å². The maximum atomic E-state index is 11.7. The number of hydrogen-bond donors (Lipinski definition) is 0. The van der Waals surface area contributed by atoms with Crippen LogP contribution in [0, 0.1) is 0 Å². The molecule has 0 unspecified atom stereocenters. The largest absolute Gasteiger partial charge is 0.488 e. The van der Waals surface area contributed by atoms with Gasteiger partial charge >= 0.3 is 0 Å². The van der Waals surface area contributed by atoms with E-state index in [-0.39, 0.29) is 23.6 Å². The molecular weight excluding hydrogens is 410 g/mol. The minimum absolute atomic E-state index is 0. The van der Waals surface area contributed by atoms with Crippen molar-refractivity contribution in [2.24, 2.45) is 0 Å². The SMILES string of the molecule is Cl.O=C1CSC(=O)N1CCCN1CCN(c2ccccc2OC2CCCC2)CC1. The van der Waals surface area contributed by atoms with Crippen LogP contribution < -0.4 is 9.64 Å². The standard InChI is InChI=1S/C21H29N3O3S.ClH/c25-20-16-28-21(26)24(20)11-5-10-22-12-14-23(15-13-22)18-8-3-4-9-19(18)27-17-6-1-2-7-17;/h3-4,8-9,17H,1-2,5-7,10-16H2;1H. The highest BCUT2D eigenvalue weighted by atomic mass is 35.5. The van der Waals surface area contributed by atoms with Crippen LogP contribution in [0.15, 0.2) is 24.3 Å². The van der Waals surface area contributed by atoms with E-state index in [2.05, 4.69) is 34.1 Å². The molecule has 8 heteroatoms. The molecule has 160 valence electrons. The van der Waals surface area contributed by atoms with Crippen LogP contribution in [-0.2, 0) is 4.79 Å². The maximum absolute atomic E-state index is 11.7.